The van der Waals surface area contributed by atoms with Crippen LogP contribution < -0.4 is 0 Å². The van der Waals surface area contributed by atoms with Crippen LogP contribution in [0.3, 0.4) is 0 Å². The van der Waals surface area contributed by atoms with E-state index in [2.05, 4.69) is 13.5 Å². The summed E-state index contributed by atoms with van der Waals surface area (Å²) in [5, 5.41) is 0. The molecule has 192 valence electrons. The minimum atomic E-state index is -0.372. The molecule has 0 unspecified atom stereocenters. The summed E-state index contributed by atoms with van der Waals surface area (Å²) in [5.74, 6) is -1.04. The number of ether oxygens (including phenoxy) is 2. The van der Waals surface area contributed by atoms with E-state index in [1.165, 1.54) is 51.4 Å². The molecule has 0 N–H and O–H groups in total. The van der Waals surface area contributed by atoms with Gasteiger partial charge >= 0.3 is 17.9 Å². The average molecular weight is 467 g/mol. The molecule has 0 spiro atoms. The Hall–Kier alpha value is -1.65. The van der Waals surface area contributed by atoms with Gasteiger partial charge in [-0.25, -0.2) is 4.79 Å². The molecular formula is C28H50O5. The lowest BCUT2D eigenvalue weighted by molar-refractivity contribution is -0.159. The summed E-state index contributed by atoms with van der Waals surface area (Å²) in [4.78, 5) is 34.8. The molecule has 0 bridgehead atoms. The Morgan fingerprint density at radius 2 is 0.939 bits per heavy atom. The van der Waals surface area contributed by atoms with E-state index in [1.807, 2.05) is 0 Å². The van der Waals surface area contributed by atoms with E-state index in [0.717, 1.165) is 64.2 Å². The van der Waals surface area contributed by atoms with Crippen molar-refractivity contribution in [3.63, 3.8) is 0 Å². The van der Waals surface area contributed by atoms with Crippen molar-refractivity contribution in [1.82, 2.24) is 0 Å². The number of carbonyl (C=O) groups excluding carboxylic acids is 3. The molecule has 0 aliphatic rings. The quantitative estimate of drug-likeness (QED) is 0.0660. The number of rotatable bonds is 23. The first-order chi connectivity index (χ1) is 16.0. The number of carbonyl (C=O) groups is 3. The molecule has 0 aliphatic carbocycles. The Morgan fingerprint density at radius 1 is 0.576 bits per heavy atom. The zero-order valence-electron chi connectivity index (χ0n) is 21.6. The fourth-order valence-corrected chi connectivity index (χ4v) is 3.71. The molecule has 0 saturated heterocycles. The van der Waals surface area contributed by atoms with Crippen molar-refractivity contribution in [3.05, 3.63) is 12.2 Å². The first kappa shape index (κ1) is 31.4. The summed E-state index contributed by atoms with van der Waals surface area (Å²) < 4.78 is 10.00. The number of hydrogen-bond donors (Lipinski definition) is 0. The molecule has 0 aromatic rings. The molecule has 0 rings (SSSR count). The first-order valence-electron chi connectivity index (χ1n) is 13.5. The third kappa shape index (κ3) is 23.3. The van der Waals surface area contributed by atoms with Crippen LogP contribution in [-0.2, 0) is 23.9 Å². The zero-order chi connectivity index (χ0) is 24.6. The lowest BCUT2D eigenvalue weighted by Crippen LogP contribution is -2.11. The van der Waals surface area contributed by atoms with Gasteiger partial charge in [0.15, 0.2) is 0 Å². The van der Waals surface area contributed by atoms with E-state index < -0.39 is 0 Å². The van der Waals surface area contributed by atoms with Gasteiger partial charge in [-0.3, -0.25) is 9.59 Å². The van der Waals surface area contributed by atoms with E-state index in [1.54, 1.807) is 6.92 Å². The Morgan fingerprint density at radius 3 is 1.33 bits per heavy atom. The van der Waals surface area contributed by atoms with Crippen LogP contribution in [-0.4, -0.2) is 24.5 Å². The monoisotopic (exact) mass is 466 g/mol. The highest BCUT2D eigenvalue weighted by molar-refractivity contribution is 5.87. The zero-order valence-corrected chi connectivity index (χ0v) is 21.6. The van der Waals surface area contributed by atoms with E-state index in [0.29, 0.717) is 25.0 Å². The van der Waals surface area contributed by atoms with Crippen molar-refractivity contribution in [2.24, 2.45) is 0 Å². The summed E-state index contributed by atoms with van der Waals surface area (Å²) in [5.41, 5.74) is 0.448. The standard InChI is InChI=1S/C28H50O5/c1-4-5-6-7-8-10-13-16-19-22-26(29)33-27(30)23-20-17-14-11-9-12-15-18-21-24-32-28(31)25(2)3/h2,4-24H2,1,3H3. The van der Waals surface area contributed by atoms with Crippen molar-refractivity contribution >= 4 is 17.9 Å². The highest BCUT2D eigenvalue weighted by Gasteiger charge is 2.10. The number of esters is 3. The highest BCUT2D eigenvalue weighted by atomic mass is 16.6. The molecule has 0 atom stereocenters. The SMILES string of the molecule is C=C(C)C(=O)OCCCCCCCCCCCC(=O)OC(=O)CCCCCCCCCCC. The first-order valence-corrected chi connectivity index (χ1v) is 13.5. The van der Waals surface area contributed by atoms with Gasteiger partial charge in [0.1, 0.15) is 0 Å². The summed E-state index contributed by atoms with van der Waals surface area (Å²) in [7, 11) is 0. The lowest BCUT2D eigenvalue weighted by Gasteiger charge is -2.05. The minimum absolute atomic E-state index is 0.304. The average Bonchev–Trinajstić information content (AvgIpc) is 2.78. The van der Waals surface area contributed by atoms with Gasteiger partial charge in [0, 0.05) is 18.4 Å². The molecule has 0 radical (unpaired) electrons. The Kier molecular flexibility index (Phi) is 22.3. The molecule has 0 aromatic heterocycles. The topological polar surface area (TPSA) is 69.7 Å². The second-order valence-electron chi connectivity index (χ2n) is 9.27. The van der Waals surface area contributed by atoms with Crippen molar-refractivity contribution in [2.75, 3.05) is 6.61 Å². The van der Waals surface area contributed by atoms with Crippen LogP contribution in [0.2, 0.25) is 0 Å². The normalized spacial score (nSPS) is 10.7. The van der Waals surface area contributed by atoms with Gasteiger partial charge in [-0.1, -0.05) is 110 Å². The Bertz CT molecular complexity index is 526. The van der Waals surface area contributed by atoms with Crippen LogP contribution in [0.1, 0.15) is 142 Å². The van der Waals surface area contributed by atoms with Gasteiger partial charge in [0.2, 0.25) is 0 Å². The van der Waals surface area contributed by atoms with Crippen LogP contribution in [0.4, 0.5) is 0 Å². The van der Waals surface area contributed by atoms with Gasteiger partial charge in [-0.15, -0.1) is 0 Å². The highest BCUT2D eigenvalue weighted by Crippen LogP contribution is 2.13. The van der Waals surface area contributed by atoms with Crippen LogP contribution >= 0.6 is 0 Å². The molecular weight excluding hydrogens is 416 g/mol. The van der Waals surface area contributed by atoms with Crippen LogP contribution in [0, 0.1) is 0 Å². The van der Waals surface area contributed by atoms with Crippen LogP contribution in [0.5, 0.6) is 0 Å². The predicted molar refractivity (Wildman–Crippen MR) is 135 cm³/mol. The summed E-state index contributed by atoms with van der Waals surface area (Å²) in [6.45, 7) is 7.92. The molecule has 0 heterocycles. The third-order valence-corrected chi connectivity index (χ3v) is 5.82. The predicted octanol–water partition coefficient (Wildman–Crippen LogP) is 8.00. The van der Waals surface area contributed by atoms with Gasteiger partial charge in [-0.2, -0.15) is 0 Å². The Balaban J connectivity index is 3.35. The molecule has 0 fully saturated rings. The fourth-order valence-electron chi connectivity index (χ4n) is 3.71. The van der Waals surface area contributed by atoms with Crippen molar-refractivity contribution in [3.8, 4) is 0 Å². The van der Waals surface area contributed by atoms with Crippen molar-refractivity contribution in [2.45, 2.75) is 142 Å². The molecule has 5 nitrogen and oxygen atoms in total. The maximum atomic E-state index is 11.8. The van der Waals surface area contributed by atoms with Gasteiger partial charge in [0.25, 0.3) is 0 Å². The van der Waals surface area contributed by atoms with Crippen molar-refractivity contribution < 1.29 is 23.9 Å². The van der Waals surface area contributed by atoms with Gasteiger partial charge in [-0.05, 0) is 26.2 Å². The lowest BCUT2D eigenvalue weighted by atomic mass is 10.1. The second kappa shape index (κ2) is 23.5. The molecule has 0 aliphatic heterocycles. The van der Waals surface area contributed by atoms with Gasteiger partial charge in [0.05, 0.1) is 6.61 Å². The largest absolute Gasteiger partial charge is 0.462 e. The van der Waals surface area contributed by atoms with Crippen LogP contribution in [0.25, 0.3) is 0 Å². The van der Waals surface area contributed by atoms with E-state index in [4.69, 9.17) is 9.47 Å². The molecule has 0 amide bonds. The second-order valence-corrected chi connectivity index (χ2v) is 9.27. The minimum Gasteiger partial charge on any atom is -0.462 e. The molecule has 33 heavy (non-hydrogen) atoms. The number of unbranched alkanes of at least 4 members (excludes halogenated alkanes) is 16. The van der Waals surface area contributed by atoms with Crippen molar-refractivity contribution in [1.29, 1.82) is 0 Å². The smallest absolute Gasteiger partial charge is 0.333 e. The Labute approximate surface area is 203 Å². The summed E-state index contributed by atoms with van der Waals surface area (Å²) in [6, 6.07) is 0. The molecule has 0 aromatic carbocycles. The fraction of sp³-hybridized carbons (Fsp3) is 0.821. The maximum absolute atomic E-state index is 11.8. The molecule has 0 saturated carbocycles. The van der Waals surface area contributed by atoms with Gasteiger partial charge < -0.3 is 9.47 Å². The third-order valence-electron chi connectivity index (χ3n) is 5.82. The summed E-state index contributed by atoms with van der Waals surface area (Å²) in [6.07, 6.45) is 21.1. The molecule has 5 heteroatoms. The van der Waals surface area contributed by atoms with E-state index in [9.17, 15) is 14.4 Å². The summed E-state index contributed by atoms with van der Waals surface area (Å²) >= 11 is 0. The van der Waals surface area contributed by atoms with Crippen LogP contribution in [0.15, 0.2) is 12.2 Å². The maximum Gasteiger partial charge on any atom is 0.333 e. The van der Waals surface area contributed by atoms with E-state index in [-0.39, 0.29) is 17.9 Å². The van der Waals surface area contributed by atoms with E-state index >= 15 is 0 Å². The number of hydrogen-bond acceptors (Lipinski definition) is 5.